The topological polar surface area (TPSA) is 51.0 Å². The van der Waals surface area contributed by atoms with E-state index in [0.717, 1.165) is 62.9 Å². The van der Waals surface area contributed by atoms with E-state index < -0.39 is 11.9 Å². The molecule has 2 heterocycles. The van der Waals surface area contributed by atoms with Gasteiger partial charge in [-0.1, -0.05) is 12.8 Å². The summed E-state index contributed by atoms with van der Waals surface area (Å²) in [6.45, 7) is 0.397. The van der Waals surface area contributed by atoms with Gasteiger partial charge in [-0.3, -0.25) is 14.5 Å². The van der Waals surface area contributed by atoms with Gasteiger partial charge in [-0.15, -0.1) is 0 Å². The van der Waals surface area contributed by atoms with Gasteiger partial charge in [0.25, 0.3) is 5.91 Å². The third-order valence-electron chi connectivity index (χ3n) is 5.85. The minimum Gasteiger partial charge on any atom is -0.330 e. The zero-order chi connectivity index (χ0) is 19.9. The molecule has 2 aliphatic carbocycles. The van der Waals surface area contributed by atoms with E-state index >= 15 is 0 Å². The van der Waals surface area contributed by atoms with E-state index in [0.29, 0.717) is 6.54 Å². The fraction of sp³-hybridized carbons (Fsp3) is 0.550. The summed E-state index contributed by atoms with van der Waals surface area (Å²) in [5.41, 5.74) is 2.57. The first kappa shape index (κ1) is 19.0. The summed E-state index contributed by atoms with van der Waals surface area (Å²) in [4.78, 5) is 18.4. The van der Waals surface area contributed by atoms with E-state index in [1.54, 1.807) is 4.90 Å². The van der Waals surface area contributed by atoms with Crippen LogP contribution in [0.4, 0.5) is 13.2 Å². The highest BCUT2D eigenvalue weighted by atomic mass is 19.4. The van der Waals surface area contributed by atoms with E-state index in [-0.39, 0.29) is 17.5 Å². The molecule has 0 radical (unpaired) electrons. The van der Waals surface area contributed by atoms with Crippen molar-refractivity contribution in [2.45, 2.75) is 63.7 Å². The number of alkyl halides is 3. The Bertz CT molecular complexity index is 867. The number of halogens is 3. The Morgan fingerprint density at radius 2 is 1.96 bits per heavy atom. The van der Waals surface area contributed by atoms with Gasteiger partial charge in [0, 0.05) is 25.0 Å². The molecule has 0 bridgehead atoms. The number of carbonyl (C=O) groups is 1. The van der Waals surface area contributed by atoms with Crippen LogP contribution in [-0.2, 0) is 32.6 Å². The van der Waals surface area contributed by atoms with Crippen molar-refractivity contribution in [3.05, 3.63) is 46.5 Å². The molecule has 4 rings (SSSR count). The SMILES string of the molecule is Cn1nc(CN(C(=O)c2ccc(C(F)(F)F)nc2)C2CCCC2)c2c1CCC2. The van der Waals surface area contributed by atoms with E-state index in [9.17, 15) is 18.0 Å². The Morgan fingerprint density at radius 1 is 1.21 bits per heavy atom. The van der Waals surface area contributed by atoms with Crippen molar-refractivity contribution in [1.29, 1.82) is 0 Å². The first-order valence-corrected chi connectivity index (χ1v) is 9.72. The van der Waals surface area contributed by atoms with Crippen molar-refractivity contribution < 1.29 is 18.0 Å². The molecule has 0 aliphatic heterocycles. The summed E-state index contributed by atoms with van der Waals surface area (Å²) in [6.07, 6.45) is 3.52. The first-order valence-electron chi connectivity index (χ1n) is 9.72. The standard InChI is InChI=1S/C20H23F3N4O/c1-26-17-8-4-7-15(17)16(25-26)12-27(14-5-2-3-6-14)19(28)13-9-10-18(24-11-13)20(21,22)23/h9-11,14H,2-8,12H2,1H3. The summed E-state index contributed by atoms with van der Waals surface area (Å²) in [5, 5.41) is 4.62. The molecule has 1 saturated carbocycles. The normalized spacial score (nSPS) is 17.1. The van der Waals surface area contributed by atoms with Gasteiger partial charge in [-0.05, 0) is 49.8 Å². The summed E-state index contributed by atoms with van der Waals surface area (Å²) in [6, 6.07) is 2.19. The van der Waals surface area contributed by atoms with Crippen LogP contribution >= 0.6 is 0 Å². The number of pyridine rings is 1. The van der Waals surface area contributed by atoms with Crippen LogP contribution in [0, 0.1) is 0 Å². The van der Waals surface area contributed by atoms with Crippen LogP contribution in [-0.4, -0.2) is 31.6 Å². The van der Waals surface area contributed by atoms with Crippen molar-refractivity contribution >= 4 is 5.91 Å². The minimum atomic E-state index is -4.51. The molecule has 5 nitrogen and oxygen atoms in total. The highest BCUT2D eigenvalue weighted by Crippen LogP contribution is 2.31. The van der Waals surface area contributed by atoms with Gasteiger partial charge in [0.05, 0.1) is 17.8 Å². The molecule has 0 saturated heterocycles. The molecule has 1 amide bonds. The lowest BCUT2D eigenvalue weighted by molar-refractivity contribution is -0.141. The van der Waals surface area contributed by atoms with Crippen LogP contribution in [0.25, 0.3) is 0 Å². The lowest BCUT2D eigenvalue weighted by atomic mass is 10.1. The summed E-state index contributed by atoms with van der Waals surface area (Å²) < 4.78 is 40.2. The Hall–Kier alpha value is -2.38. The number of fused-ring (bicyclic) bond motifs is 1. The van der Waals surface area contributed by atoms with Crippen molar-refractivity contribution in [3.8, 4) is 0 Å². The number of rotatable bonds is 4. The predicted molar refractivity (Wildman–Crippen MR) is 96.6 cm³/mol. The number of nitrogens with zero attached hydrogens (tertiary/aromatic N) is 4. The Morgan fingerprint density at radius 3 is 2.61 bits per heavy atom. The van der Waals surface area contributed by atoms with Crippen LogP contribution in [0.2, 0.25) is 0 Å². The molecule has 0 N–H and O–H groups in total. The van der Waals surface area contributed by atoms with Gasteiger partial charge in [-0.2, -0.15) is 18.3 Å². The van der Waals surface area contributed by atoms with E-state index in [1.165, 1.54) is 17.3 Å². The first-order chi connectivity index (χ1) is 13.3. The van der Waals surface area contributed by atoms with Gasteiger partial charge in [-0.25, -0.2) is 0 Å². The van der Waals surface area contributed by atoms with Crippen LogP contribution in [0.5, 0.6) is 0 Å². The third-order valence-corrected chi connectivity index (χ3v) is 5.85. The quantitative estimate of drug-likeness (QED) is 0.793. The van der Waals surface area contributed by atoms with Crippen molar-refractivity contribution in [2.24, 2.45) is 7.05 Å². The van der Waals surface area contributed by atoms with E-state index in [2.05, 4.69) is 10.1 Å². The van der Waals surface area contributed by atoms with Crippen LogP contribution in [0.1, 0.15) is 65.1 Å². The lowest BCUT2D eigenvalue weighted by Crippen LogP contribution is -2.38. The fourth-order valence-electron chi connectivity index (χ4n) is 4.42. The van der Waals surface area contributed by atoms with E-state index in [1.807, 2.05) is 11.7 Å². The number of amides is 1. The molecular formula is C20H23F3N4O. The van der Waals surface area contributed by atoms with Crippen LogP contribution in [0.3, 0.4) is 0 Å². The zero-order valence-electron chi connectivity index (χ0n) is 15.8. The highest BCUT2D eigenvalue weighted by molar-refractivity contribution is 5.94. The van der Waals surface area contributed by atoms with Crippen LogP contribution in [0.15, 0.2) is 18.3 Å². The second-order valence-electron chi connectivity index (χ2n) is 7.65. The monoisotopic (exact) mass is 392 g/mol. The predicted octanol–water partition coefficient (Wildman–Crippen LogP) is 3.91. The van der Waals surface area contributed by atoms with Gasteiger partial charge in [0.15, 0.2) is 0 Å². The molecule has 0 unspecified atom stereocenters. The molecule has 2 aliphatic rings. The molecule has 150 valence electrons. The summed E-state index contributed by atoms with van der Waals surface area (Å²) in [5.74, 6) is -0.273. The molecule has 0 aromatic carbocycles. The maximum absolute atomic E-state index is 13.2. The Balaban J connectivity index is 1.61. The molecular weight excluding hydrogens is 369 g/mol. The maximum Gasteiger partial charge on any atom is 0.433 e. The van der Waals surface area contributed by atoms with Gasteiger partial charge < -0.3 is 4.90 Å². The molecule has 8 heteroatoms. The highest BCUT2D eigenvalue weighted by Gasteiger charge is 2.34. The number of hydrogen-bond donors (Lipinski definition) is 0. The number of carbonyl (C=O) groups excluding carboxylic acids is 1. The molecule has 2 aromatic heterocycles. The van der Waals surface area contributed by atoms with Crippen molar-refractivity contribution in [2.75, 3.05) is 0 Å². The van der Waals surface area contributed by atoms with Crippen molar-refractivity contribution in [1.82, 2.24) is 19.7 Å². The fourth-order valence-corrected chi connectivity index (χ4v) is 4.42. The second kappa shape index (κ2) is 7.22. The second-order valence-corrected chi connectivity index (χ2v) is 7.65. The van der Waals surface area contributed by atoms with Crippen LogP contribution < -0.4 is 0 Å². The third kappa shape index (κ3) is 3.52. The van der Waals surface area contributed by atoms with Gasteiger partial charge in [0.2, 0.25) is 0 Å². The number of hydrogen-bond acceptors (Lipinski definition) is 3. The van der Waals surface area contributed by atoms with Gasteiger partial charge in [0.1, 0.15) is 5.69 Å². The summed E-state index contributed by atoms with van der Waals surface area (Å²) >= 11 is 0. The Kier molecular flexibility index (Phi) is 4.89. The average molecular weight is 392 g/mol. The smallest absolute Gasteiger partial charge is 0.330 e. The summed E-state index contributed by atoms with van der Waals surface area (Å²) in [7, 11) is 1.93. The van der Waals surface area contributed by atoms with E-state index in [4.69, 9.17) is 0 Å². The Labute approximate surface area is 161 Å². The van der Waals surface area contributed by atoms with Gasteiger partial charge >= 0.3 is 6.18 Å². The number of aromatic nitrogens is 3. The molecule has 0 atom stereocenters. The zero-order valence-corrected chi connectivity index (χ0v) is 15.8. The van der Waals surface area contributed by atoms with Crippen molar-refractivity contribution in [3.63, 3.8) is 0 Å². The molecule has 1 fully saturated rings. The lowest BCUT2D eigenvalue weighted by Gasteiger charge is -2.29. The number of aryl methyl sites for hydroxylation is 1. The molecule has 28 heavy (non-hydrogen) atoms. The minimum absolute atomic E-state index is 0.0915. The average Bonchev–Trinajstić information content (AvgIpc) is 3.39. The maximum atomic E-state index is 13.2. The largest absolute Gasteiger partial charge is 0.433 e. The molecule has 2 aromatic rings. The molecule has 0 spiro atoms.